The smallest absolute Gasteiger partial charge is 0.348 e. The molecule has 5 heteroatoms. The van der Waals surface area contributed by atoms with E-state index in [1.165, 1.54) is 0 Å². The van der Waals surface area contributed by atoms with Crippen LogP contribution < -0.4 is 4.90 Å². The Hall–Kier alpha value is -1.80. The zero-order valence-corrected chi connectivity index (χ0v) is 18.9. The first-order chi connectivity index (χ1) is 12.9. The molecule has 1 aliphatic rings. The van der Waals surface area contributed by atoms with Crippen molar-refractivity contribution in [2.45, 2.75) is 73.8 Å². The van der Waals surface area contributed by atoms with E-state index >= 15 is 0 Å². The summed E-state index contributed by atoms with van der Waals surface area (Å²) in [7, 11) is 0. The predicted molar refractivity (Wildman–Crippen MR) is 116 cm³/mol. The van der Waals surface area contributed by atoms with Gasteiger partial charge in [0.05, 0.1) is 10.6 Å². The Labute approximate surface area is 173 Å². The number of aromatic carboxylic acids is 1. The van der Waals surface area contributed by atoms with Gasteiger partial charge in [-0.1, -0.05) is 25.7 Å². The van der Waals surface area contributed by atoms with Crippen LogP contribution in [0.5, 0.6) is 0 Å². The monoisotopic (exact) mass is 403 g/mol. The predicted octanol–water partition coefficient (Wildman–Crippen LogP) is 5.66. The van der Waals surface area contributed by atoms with Crippen LogP contribution in [0.25, 0.3) is 0 Å². The fourth-order valence-electron chi connectivity index (χ4n) is 3.89. The molecular weight excluding hydrogens is 370 g/mol. The molecule has 2 rings (SSSR count). The summed E-state index contributed by atoms with van der Waals surface area (Å²) in [6.07, 6.45) is 2.96. The number of hydrogen-bond donors (Lipinski definition) is 1. The van der Waals surface area contributed by atoms with Crippen LogP contribution in [0.2, 0.25) is 0 Å². The number of anilines is 1. The van der Waals surface area contributed by atoms with E-state index in [2.05, 4.69) is 25.7 Å². The topological polar surface area (TPSA) is 57.6 Å². The van der Waals surface area contributed by atoms with Gasteiger partial charge < -0.3 is 10.0 Å². The van der Waals surface area contributed by atoms with Crippen LogP contribution in [0, 0.1) is 35.0 Å². The van der Waals surface area contributed by atoms with Crippen LogP contribution in [-0.2, 0) is 4.79 Å². The fourth-order valence-corrected chi connectivity index (χ4v) is 4.73. The molecule has 1 aromatic heterocycles. The van der Waals surface area contributed by atoms with E-state index in [4.69, 9.17) is 0 Å². The van der Waals surface area contributed by atoms with Crippen molar-refractivity contribution in [1.82, 2.24) is 0 Å². The van der Waals surface area contributed by atoms with Crippen LogP contribution in [0.3, 0.4) is 0 Å². The highest BCUT2D eigenvalue weighted by Crippen LogP contribution is 2.38. The van der Waals surface area contributed by atoms with Crippen molar-refractivity contribution >= 4 is 28.9 Å². The molecule has 0 radical (unpaired) electrons. The van der Waals surface area contributed by atoms with Crippen LogP contribution in [0.4, 0.5) is 5.69 Å². The van der Waals surface area contributed by atoms with E-state index in [1.54, 1.807) is 11.0 Å². The van der Waals surface area contributed by atoms with Gasteiger partial charge in [0.2, 0.25) is 5.91 Å². The van der Waals surface area contributed by atoms with E-state index < -0.39 is 5.97 Å². The number of hydrogen-bond acceptors (Lipinski definition) is 3. The highest BCUT2D eigenvalue weighted by atomic mass is 32.1. The molecule has 0 aliphatic heterocycles. The van der Waals surface area contributed by atoms with Crippen molar-refractivity contribution in [3.05, 3.63) is 15.8 Å². The van der Waals surface area contributed by atoms with E-state index in [1.807, 2.05) is 34.6 Å². The lowest BCUT2D eigenvalue weighted by Gasteiger charge is -2.37. The third-order valence-electron chi connectivity index (χ3n) is 5.23. The minimum absolute atomic E-state index is 0.0463. The van der Waals surface area contributed by atoms with Crippen molar-refractivity contribution in [3.63, 3.8) is 0 Å². The van der Waals surface area contributed by atoms with Crippen molar-refractivity contribution in [2.24, 2.45) is 23.2 Å². The van der Waals surface area contributed by atoms with Crippen molar-refractivity contribution in [3.8, 4) is 11.8 Å². The maximum absolute atomic E-state index is 13.5. The minimum Gasteiger partial charge on any atom is -0.477 e. The summed E-state index contributed by atoms with van der Waals surface area (Å²) >= 11 is 1.15. The quantitative estimate of drug-likeness (QED) is 0.660. The second-order valence-corrected chi connectivity index (χ2v) is 10.5. The number of thiophene rings is 1. The Morgan fingerprint density at radius 1 is 1.25 bits per heavy atom. The average Bonchev–Trinajstić information content (AvgIpc) is 2.96. The van der Waals surface area contributed by atoms with Gasteiger partial charge in [-0.3, -0.25) is 4.79 Å². The van der Waals surface area contributed by atoms with E-state index in [-0.39, 0.29) is 28.2 Å². The first-order valence-corrected chi connectivity index (χ1v) is 11.0. The van der Waals surface area contributed by atoms with Gasteiger partial charge in [0.25, 0.3) is 0 Å². The largest absolute Gasteiger partial charge is 0.477 e. The molecule has 1 saturated carbocycles. The zero-order chi connectivity index (χ0) is 21.2. The van der Waals surface area contributed by atoms with Gasteiger partial charge in [-0.2, -0.15) is 0 Å². The van der Waals surface area contributed by atoms with Gasteiger partial charge in [-0.15, -0.1) is 11.3 Å². The molecule has 1 heterocycles. The fraction of sp³-hybridized carbons (Fsp3) is 0.652. The van der Waals surface area contributed by atoms with Gasteiger partial charge >= 0.3 is 5.97 Å². The third kappa shape index (κ3) is 5.38. The Kier molecular flexibility index (Phi) is 6.98. The Balaban J connectivity index is 2.44. The zero-order valence-electron chi connectivity index (χ0n) is 18.1. The summed E-state index contributed by atoms with van der Waals surface area (Å²) < 4.78 is 0. The first-order valence-electron chi connectivity index (χ1n) is 10.1. The van der Waals surface area contributed by atoms with Crippen LogP contribution in [-0.4, -0.2) is 23.0 Å². The van der Waals surface area contributed by atoms with Gasteiger partial charge in [0.15, 0.2) is 0 Å². The lowest BCUT2D eigenvalue weighted by atomic mass is 9.75. The maximum Gasteiger partial charge on any atom is 0.348 e. The number of carbonyl (C=O) groups excluding carboxylic acids is 1. The number of rotatable bonds is 4. The SMILES string of the molecule is CC(C)N(C(=O)C1CC[C@H](C)C[C@@H]1C)c1cc(C#CC(C)(C)C)sc1C(=O)O. The standard InChI is InChI=1S/C23H33NO3S/c1-14(2)24(21(25)18-9-8-15(3)12-16(18)4)19-13-17(10-11-23(5,6)7)28-20(19)22(26)27/h13-16,18H,8-9,12H2,1-7H3,(H,26,27)/t15-,16-,18?/m0/s1. The lowest BCUT2D eigenvalue weighted by molar-refractivity contribution is -0.125. The number of carboxylic acid groups (broad SMARTS) is 1. The molecule has 0 saturated heterocycles. The molecule has 3 atom stereocenters. The Bertz CT molecular complexity index is 791. The molecular formula is C23H33NO3S. The van der Waals surface area contributed by atoms with Crippen LogP contribution in [0.1, 0.15) is 82.3 Å². The minimum atomic E-state index is -1.01. The summed E-state index contributed by atoms with van der Waals surface area (Å²) in [5.74, 6) is 6.19. The average molecular weight is 404 g/mol. The van der Waals surface area contributed by atoms with E-state index in [9.17, 15) is 14.7 Å². The molecule has 0 spiro atoms. The normalized spacial score (nSPS) is 22.5. The second kappa shape index (κ2) is 8.69. The number of carboxylic acids is 1. The molecule has 1 N–H and O–H groups in total. The molecule has 0 bridgehead atoms. The number of carbonyl (C=O) groups is 2. The van der Waals surface area contributed by atoms with Gasteiger partial charge in [-0.25, -0.2) is 4.79 Å². The van der Waals surface area contributed by atoms with Crippen molar-refractivity contribution < 1.29 is 14.7 Å². The molecule has 154 valence electrons. The first kappa shape index (κ1) is 22.5. The highest BCUT2D eigenvalue weighted by molar-refractivity contribution is 7.15. The molecule has 1 aromatic rings. The molecule has 1 amide bonds. The molecule has 1 unspecified atom stereocenters. The Morgan fingerprint density at radius 3 is 2.39 bits per heavy atom. The van der Waals surface area contributed by atoms with Crippen LogP contribution in [0.15, 0.2) is 6.07 Å². The molecule has 4 nitrogen and oxygen atoms in total. The number of nitrogens with zero attached hydrogens (tertiary/aromatic N) is 1. The summed E-state index contributed by atoms with van der Waals surface area (Å²) in [5.41, 5.74) is 0.316. The van der Waals surface area contributed by atoms with Gasteiger partial charge in [0, 0.05) is 17.4 Å². The van der Waals surface area contributed by atoms with Gasteiger partial charge in [-0.05, 0) is 71.8 Å². The maximum atomic E-state index is 13.5. The van der Waals surface area contributed by atoms with Crippen LogP contribution >= 0.6 is 11.3 Å². The summed E-state index contributed by atoms with van der Waals surface area (Å²) in [6, 6.07) is 1.66. The van der Waals surface area contributed by atoms with Crippen molar-refractivity contribution in [1.29, 1.82) is 0 Å². The molecule has 1 fully saturated rings. The molecule has 0 aromatic carbocycles. The van der Waals surface area contributed by atoms with E-state index in [0.717, 1.165) is 30.6 Å². The summed E-state index contributed by atoms with van der Waals surface area (Å²) in [6.45, 7) is 14.3. The summed E-state index contributed by atoms with van der Waals surface area (Å²) in [5, 5.41) is 9.74. The highest BCUT2D eigenvalue weighted by Gasteiger charge is 2.36. The third-order valence-corrected chi connectivity index (χ3v) is 6.26. The van der Waals surface area contributed by atoms with Crippen molar-refractivity contribution in [2.75, 3.05) is 4.90 Å². The summed E-state index contributed by atoms with van der Waals surface area (Å²) in [4.78, 5) is 27.9. The lowest BCUT2D eigenvalue weighted by Crippen LogP contribution is -2.44. The van der Waals surface area contributed by atoms with E-state index in [0.29, 0.717) is 22.4 Å². The Morgan fingerprint density at radius 2 is 1.89 bits per heavy atom. The molecule has 1 aliphatic carbocycles. The second-order valence-electron chi connectivity index (χ2n) is 9.43. The molecule has 28 heavy (non-hydrogen) atoms. The number of amides is 1. The van der Waals surface area contributed by atoms with Gasteiger partial charge in [0.1, 0.15) is 4.88 Å².